The van der Waals surface area contributed by atoms with Crippen LogP contribution in [0.3, 0.4) is 0 Å². The van der Waals surface area contributed by atoms with E-state index >= 15 is 0 Å². The van der Waals surface area contributed by atoms with Gasteiger partial charge in [0.05, 0.1) is 18.4 Å². The summed E-state index contributed by atoms with van der Waals surface area (Å²) in [6.45, 7) is 5.70. The smallest absolute Gasteiger partial charge is 0.323 e. The lowest BCUT2D eigenvalue weighted by Crippen LogP contribution is -2.41. The molecule has 3 amide bonds. The van der Waals surface area contributed by atoms with Crippen LogP contribution in [0.25, 0.3) is 0 Å². The Hall–Kier alpha value is -3.02. The maximum absolute atomic E-state index is 12.4. The van der Waals surface area contributed by atoms with Crippen molar-refractivity contribution in [3.05, 3.63) is 54.1 Å². The van der Waals surface area contributed by atoms with Crippen LogP contribution in [0.5, 0.6) is 5.75 Å². The van der Waals surface area contributed by atoms with E-state index in [0.717, 1.165) is 0 Å². The lowest BCUT2D eigenvalue weighted by Gasteiger charge is -2.21. The Morgan fingerprint density at radius 1 is 0.960 bits per heavy atom. The van der Waals surface area contributed by atoms with Crippen LogP contribution in [-0.2, 0) is 0 Å². The fourth-order valence-electron chi connectivity index (χ4n) is 2.18. The normalized spacial score (nSPS) is 10.7. The van der Waals surface area contributed by atoms with Crippen molar-refractivity contribution < 1.29 is 14.3 Å². The molecule has 2 aromatic carbocycles. The Kier molecular flexibility index (Phi) is 5.64. The summed E-state index contributed by atoms with van der Waals surface area (Å²) in [5.41, 5.74) is 1.06. The summed E-state index contributed by atoms with van der Waals surface area (Å²) < 4.78 is 5.13. The number of carbonyl (C=O) groups excluding carboxylic acids is 2. The molecular weight excluding hydrogens is 318 g/mol. The Balaban J connectivity index is 2.11. The zero-order chi connectivity index (χ0) is 18.4. The van der Waals surface area contributed by atoms with Gasteiger partial charge in [0.2, 0.25) is 0 Å². The number of benzene rings is 2. The number of rotatable bonds is 4. The highest BCUT2D eigenvalue weighted by Crippen LogP contribution is 2.19. The maximum atomic E-state index is 12.4. The van der Waals surface area contributed by atoms with Gasteiger partial charge in [-0.2, -0.15) is 0 Å². The largest absolute Gasteiger partial charge is 0.497 e. The van der Waals surface area contributed by atoms with Crippen molar-refractivity contribution in [1.29, 1.82) is 0 Å². The van der Waals surface area contributed by atoms with Crippen LogP contribution < -0.4 is 20.7 Å². The van der Waals surface area contributed by atoms with Gasteiger partial charge in [-0.25, -0.2) is 4.79 Å². The van der Waals surface area contributed by atoms with Crippen LogP contribution >= 0.6 is 0 Å². The van der Waals surface area contributed by atoms with E-state index in [4.69, 9.17) is 4.74 Å². The zero-order valence-electron chi connectivity index (χ0n) is 14.8. The van der Waals surface area contributed by atoms with Gasteiger partial charge in [-0.3, -0.25) is 4.79 Å². The fraction of sp³-hybridized carbons (Fsp3) is 0.263. The molecule has 0 saturated carbocycles. The Morgan fingerprint density at radius 3 is 2.36 bits per heavy atom. The highest BCUT2D eigenvalue weighted by molar-refractivity contribution is 6.06. The Labute approximate surface area is 147 Å². The molecule has 0 aromatic heterocycles. The van der Waals surface area contributed by atoms with E-state index in [1.54, 1.807) is 55.6 Å². The number of urea groups is 1. The number of hydrogen-bond acceptors (Lipinski definition) is 3. The highest BCUT2D eigenvalue weighted by atomic mass is 16.5. The summed E-state index contributed by atoms with van der Waals surface area (Å²) in [7, 11) is 1.56. The van der Waals surface area contributed by atoms with Gasteiger partial charge in [-0.15, -0.1) is 0 Å². The molecule has 0 heterocycles. The monoisotopic (exact) mass is 341 g/mol. The van der Waals surface area contributed by atoms with Gasteiger partial charge >= 0.3 is 6.03 Å². The number of carbonyl (C=O) groups is 2. The number of hydrogen-bond donors (Lipinski definition) is 3. The molecule has 0 aliphatic heterocycles. The van der Waals surface area contributed by atoms with Crippen LogP contribution in [0, 0.1) is 0 Å². The Bertz CT molecular complexity index is 767. The van der Waals surface area contributed by atoms with Crippen molar-refractivity contribution in [2.45, 2.75) is 26.3 Å². The molecule has 0 aliphatic carbocycles. The zero-order valence-corrected chi connectivity index (χ0v) is 14.8. The summed E-state index contributed by atoms with van der Waals surface area (Å²) in [4.78, 5) is 24.7. The van der Waals surface area contributed by atoms with Gasteiger partial charge in [-0.05, 0) is 45.0 Å². The minimum Gasteiger partial charge on any atom is -0.497 e. The minimum atomic E-state index is -0.440. The molecule has 0 atom stereocenters. The molecule has 2 rings (SSSR count). The first-order valence-corrected chi connectivity index (χ1v) is 7.92. The van der Waals surface area contributed by atoms with Gasteiger partial charge in [0.15, 0.2) is 0 Å². The van der Waals surface area contributed by atoms with Gasteiger partial charge in [0.1, 0.15) is 5.75 Å². The van der Waals surface area contributed by atoms with Crippen molar-refractivity contribution in [3.63, 3.8) is 0 Å². The second-order valence-electron chi connectivity index (χ2n) is 6.56. The molecule has 6 nitrogen and oxygen atoms in total. The van der Waals surface area contributed by atoms with Crippen LogP contribution in [0.1, 0.15) is 31.1 Å². The van der Waals surface area contributed by atoms with E-state index in [1.807, 2.05) is 20.8 Å². The third-order valence-electron chi connectivity index (χ3n) is 3.24. The number of methoxy groups -OCH3 is 1. The van der Waals surface area contributed by atoms with Crippen LogP contribution in [0.2, 0.25) is 0 Å². The Morgan fingerprint density at radius 2 is 1.68 bits per heavy atom. The number of nitrogens with one attached hydrogen (secondary N) is 3. The SMILES string of the molecule is COc1cccc(NC(=O)Nc2ccccc2C(=O)NC(C)(C)C)c1. The predicted molar refractivity (Wildman–Crippen MR) is 99.3 cm³/mol. The topological polar surface area (TPSA) is 79.5 Å². The second kappa shape index (κ2) is 7.70. The number of anilines is 2. The van der Waals surface area contributed by atoms with Crippen molar-refractivity contribution in [1.82, 2.24) is 5.32 Å². The molecule has 6 heteroatoms. The first-order valence-electron chi connectivity index (χ1n) is 7.92. The van der Waals surface area contributed by atoms with E-state index in [0.29, 0.717) is 22.7 Å². The van der Waals surface area contributed by atoms with Crippen molar-refractivity contribution in [3.8, 4) is 5.75 Å². The number of ether oxygens (including phenoxy) is 1. The van der Waals surface area contributed by atoms with Crippen molar-refractivity contribution >= 4 is 23.3 Å². The van der Waals surface area contributed by atoms with Gasteiger partial charge in [-0.1, -0.05) is 18.2 Å². The first-order chi connectivity index (χ1) is 11.8. The van der Waals surface area contributed by atoms with E-state index in [2.05, 4.69) is 16.0 Å². The van der Waals surface area contributed by atoms with Gasteiger partial charge in [0.25, 0.3) is 5.91 Å². The quantitative estimate of drug-likeness (QED) is 0.790. The van der Waals surface area contributed by atoms with E-state index < -0.39 is 6.03 Å². The molecule has 0 radical (unpaired) electrons. The molecule has 3 N–H and O–H groups in total. The third-order valence-corrected chi connectivity index (χ3v) is 3.24. The molecule has 132 valence electrons. The average molecular weight is 341 g/mol. The molecule has 25 heavy (non-hydrogen) atoms. The average Bonchev–Trinajstić information content (AvgIpc) is 2.53. The molecule has 0 unspecified atom stereocenters. The number of para-hydroxylation sites is 1. The summed E-state index contributed by atoms with van der Waals surface area (Å²) in [5, 5.41) is 8.32. The van der Waals surface area contributed by atoms with E-state index in [-0.39, 0.29) is 11.4 Å². The second-order valence-corrected chi connectivity index (χ2v) is 6.56. The fourth-order valence-corrected chi connectivity index (χ4v) is 2.18. The number of amides is 3. The first kappa shape index (κ1) is 18.3. The standard InChI is InChI=1S/C19H23N3O3/c1-19(2,3)22-17(23)15-10-5-6-11-16(15)21-18(24)20-13-8-7-9-14(12-13)25-4/h5-12H,1-4H3,(H,22,23)(H2,20,21,24). The summed E-state index contributed by atoms with van der Waals surface area (Å²) in [6.07, 6.45) is 0. The highest BCUT2D eigenvalue weighted by Gasteiger charge is 2.18. The molecule has 0 aliphatic rings. The molecule has 2 aromatic rings. The van der Waals surface area contributed by atoms with E-state index in [1.165, 1.54) is 0 Å². The lowest BCUT2D eigenvalue weighted by molar-refractivity contribution is 0.0920. The van der Waals surface area contributed by atoms with Gasteiger partial charge in [0, 0.05) is 17.3 Å². The maximum Gasteiger partial charge on any atom is 0.323 e. The van der Waals surface area contributed by atoms with E-state index in [9.17, 15) is 9.59 Å². The van der Waals surface area contributed by atoms with Crippen LogP contribution in [0.15, 0.2) is 48.5 Å². The summed E-state index contributed by atoms with van der Waals surface area (Å²) in [5.74, 6) is 0.396. The molecule has 0 saturated heterocycles. The minimum absolute atomic E-state index is 0.246. The molecule has 0 fully saturated rings. The van der Waals surface area contributed by atoms with Crippen LogP contribution in [-0.4, -0.2) is 24.6 Å². The summed E-state index contributed by atoms with van der Waals surface area (Å²) >= 11 is 0. The van der Waals surface area contributed by atoms with Crippen molar-refractivity contribution in [2.24, 2.45) is 0 Å². The molecule has 0 bridgehead atoms. The van der Waals surface area contributed by atoms with Crippen LogP contribution in [0.4, 0.5) is 16.2 Å². The predicted octanol–water partition coefficient (Wildman–Crippen LogP) is 3.87. The third kappa shape index (κ3) is 5.53. The summed E-state index contributed by atoms with van der Waals surface area (Å²) in [6, 6.07) is 13.4. The van der Waals surface area contributed by atoms with Gasteiger partial charge < -0.3 is 20.7 Å². The van der Waals surface area contributed by atoms with Crippen molar-refractivity contribution in [2.75, 3.05) is 17.7 Å². The lowest BCUT2D eigenvalue weighted by atomic mass is 10.1. The molecular formula is C19H23N3O3. The molecule has 0 spiro atoms.